The molecule has 0 radical (unpaired) electrons. The summed E-state index contributed by atoms with van der Waals surface area (Å²) in [7, 11) is 2.98. The number of carbonyl (C=O) groups is 4. The van der Waals surface area contributed by atoms with E-state index in [9.17, 15) is 39.6 Å². The molecule has 0 aliphatic heterocycles. The Morgan fingerprint density at radius 1 is 1.12 bits per heavy atom. The van der Waals surface area contributed by atoms with Gasteiger partial charge in [0.1, 0.15) is 28.9 Å². The molecule has 5 rings (SSSR count). The Hall–Kier alpha value is -3.70. The number of amides is 1. The number of aromatic hydroxyl groups is 1. The number of hydrogen-bond acceptors (Lipinski definition) is 10. The first kappa shape index (κ1) is 27.9. The minimum atomic E-state index is -2.94. The van der Waals surface area contributed by atoms with Gasteiger partial charge in [-0.15, -0.1) is 0 Å². The molecule has 0 saturated heterocycles. The number of phenols is 1. The lowest BCUT2D eigenvalue weighted by Gasteiger charge is -2.54. The highest BCUT2D eigenvalue weighted by Crippen LogP contribution is 2.57. The van der Waals surface area contributed by atoms with Crippen LogP contribution in [0.2, 0.25) is 0 Å². The molecule has 11 heteroatoms. The van der Waals surface area contributed by atoms with Crippen LogP contribution in [0.5, 0.6) is 5.75 Å². The summed E-state index contributed by atoms with van der Waals surface area (Å²) in [6.45, 7) is 1.73. The van der Waals surface area contributed by atoms with Crippen molar-refractivity contribution in [1.29, 1.82) is 0 Å². The third-order valence-corrected chi connectivity index (χ3v) is 9.16. The number of aliphatic hydroxyl groups is 3. The fourth-order valence-electron chi connectivity index (χ4n) is 7.34. The first-order chi connectivity index (χ1) is 18.8. The van der Waals surface area contributed by atoms with Crippen molar-refractivity contribution in [3.05, 3.63) is 46.2 Å². The maximum absolute atomic E-state index is 14.2. The smallest absolute Gasteiger partial charge is 0.306 e. The van der Waals surface area contributed by atoms with Gasteiger partial charge in [0.15, 0.2) is 11.4 Å². The summed E-state index contributed by atoms with van der Waals surface area (Å²) in [4.78, 5) is 54.8. The molecule has 6 N–H and O–H groups in total. The van der Waals surface area contributed by atoms with Crippen LogP contribution in [0.15, 0.2) is 35.1 Å². The van der Waals surface area contributed by atoms with E-state index in [4.69, 9.17) is 10.5 Å². The van der Waals surface area contributed by atoms with Gasteiger partial charge in [-0.05, 0) is 50.4 Å². The van der Waals surface area contributed by atoms with Gasteiger partial charge in [0, 0.05) is 17.9 Å². The molecular formula is C29H34N2O9. The van der Waals surface area contributed by atoms with Crippen LogP contribution < -0.4 is 5.73 Å². The summed E-state index contributed by atoms with van der Waals surface area (Å²) in [6, 6.07) is 3.17. The number of ketones is 2. The van der Waals surface area contributed by atoms with Gasteiger partial charge < -0.3 is 30.9 Å². The fourth-order valence-corrected chi connectivity index (χ4v) is 7.34. The number of carbonyl (C=O) groups excluding carboxylic acids is 4. The Balaban J connectivity index is 1.76. The summed E-state index contributed by atoms with van der Waals surface area (Å²) in [6.07, 6.45) is 2.40. The van der Waals surface area contributed by atoms with E-state index in [1.54, 1.807) is 19.1 Å². The monoisotopic (exact) mass is 554 g/mol. The number of Topliss-reactive ketones (excluding diaryl/α,β-unsaturated/α-hetero) is 2. The van der Waals surface area contributed by atoms with Gasteiger partial charge in [-0.25, -0.2) is 0 Å². The lowest BCUT2D eigenvalue weighted by atomic mass is 9.54. The zero-order chi connectivity index (χ0) is 29.3. The standard InChI is InChI=1S/C29H34N2O9/c1-12-14-9-6-10-15(32)18(14)23(34)19-17(12)25(40-16(33)11-13-7-4-5-8-13)21-22(31(2)3)24(35)20(28(30)38)27(37)29(21,39)26(19)36/h6,9-10,12-13,17,21-22,25,32,34,37,39H,4-5,7-8,11H2,1-3H3,(H2,30,38)/t12-,17-,21+,22-,25-,29+/m1/s1. The molecular weight excluding hydrogens is 520 g/mol. The number of rotatable bonds is 5. The van der Waals surface area contributed by atoms with Crippen LogP contribution in [0.3, 0.4) is 0 Å². The van der Waals surface area contributed by atoms with Crippen LogP contribution >= 0.6 is 0 Å². The zero-order valence-electron chi connectivity index (χ0n) is 22.6. The summed E-state index contributed by atoms with van der Waals surface area (Å²) < 4.78 is 6.05. The zero-order valence-corrected chi connectivity index (χ0v) is 22.6. The Kier molecular flexibility index (Phi) is 6.78. The molecule has 1 aromatic rings. The number of esters is 1. The van der Waals surface area contributed by atoms with E-state index < -0.39 is 76.0 Å². The molecule has 1 aromatic carbocycles. The molecule has 11 nitrogen and oxygen atoms in total. The quantitative estimate of drug-likeness (QED) is 0.264. The number of benzene rings is 1. The minimum Gasteiger partial charge on any atom is -0.508 e. The van der Waals surface area contributed by atoms with E-state index in [1.807, 2.05) is 0 Å². The Morgan fingerprint density at radius 3 is 2.38 bits per heavy atom. The van der Waals surface area contributed by atoms with Crippen molar-refractivity contribution in [1.82, 2.24) is 4.90 Å². The molecule has 0 aromatic heterocycles. The largest absolute Gasteiger partial charge is 0.508 e. The fraction of sp³-hybridized carbons (Fsp3) is 0.517. The number of hydrogen-bond donors (Lipinski definition) is 5. The van der Waals surface area contributed by atoms with Gasteiger partial charge >= 0.3 is 5.97 Å². The number of likely N-dealkylation sites (N-methyl/N-ethyl adjacent to an activating group) is 1. The van der Waals surface area contributed by atoms with Crippen LogP contribution in [0.1, 0.15) is 56.1 Å². The van der Waals surface area contributed by atoms with E-state index in [2.05, 4.69) is 0 Å². The van der Waals surface area contributed by atoms with E-state index in [0.717, 1.165) is 25.7 Å². The SMILES string of the molecule is C[C@@H]1c2cccc(O)c2C(O)=C2C(=O)[C@]3(O)C(O)=C(C(N)=O)C(=O)[C@H](N(C)C)[C@H]3[C@H](OC(=O)CC3CCCC3)[C@@H]21. The number of nitrogens with zero attached hydrogens (tertiary/aromatic N) is 1. The summed E-state index contributed by atoms with van der Waals surface area (Å²) >= 11 is 0. The highest BCUT2D eigenvalue weighted by atomic mass is 16.5. The minimum absolute atomic E-state index is 0.0256. The average Bonchev–Trinajstić information content (AvgIpc) is 3.38. The highest BCUT2D eigenvalue weighted by molar-refractivity contribution is 6.24. The second-order valence-corrected chi connectivity index (χ2v) is 11.6. The van der Waals surface area contributed by atoms with Crippen LogP contribution in [0, 0.1) is 17.8 Å². The van der Waals surface area contributed by atoms with E-state index >= 15 is 0 Å². The van der Waals surface area contributed by atoms with Gasteiger partial charge in [-0.1, -0.05) is 31.9 Å². The third kappa shape index (κ3) is 3.86. The number of fused-ring (bicyclic) bond motifs is 3. The van der Waals surface area contributed by atoms with Gasteiger partial charge in [0.25, 0.3) is 5.91 Å². The van der Waals surface area contributed by atoms with Crippen LogP contribution in [0.25, 0.3) is 5.76 Å². The van der Waals surface area contributed by atoms with E-state index in [0.29, 0.717) is 5.56 Å². The van der Waals surface area contributed by atoms with Crippen molar-refractivity contribution in [2.24, 2.45) is 23.5 Å². The van der Waals surface area contributed by atoms with E-state index in [1.165, 1.54) is 25.1 Å². The van der Waals surface area contributed by atoms with Gasteiger partial charge in [0.2, 0.25) is 5.78 Å². The van der Waals surface area contributed by atoms with Gasteiger partial charge in [0.05, 0.1) is 17.5 Å². The first-order valence-electron chi connectivity index (χ1n) is 13.5. The van der Waals surface area contributed by atoms with Crippen LogP contribution in [-0.2, 0) is 23.9 Å². The Morgan fingerprint density at radius 2 is 1.77 bits per heavy atom. The molecule has 214 valence electrons. The van der Waals surface area contributed by atoms with E-state index in [-0.39, 0.29) is 29.2 Å². The maximum atomic E-state index is 14.2. The molecule has 4 aliphatic carbocycles. The average molecular weight is 555 g/mol. The van der Waals surface area contributed by atoms with Crippen molar-refractivity contribution in [2.75, 3.05) is 14.1 Å². The summed E-state index contributed by atoms with van der Waals surface area (Å²) in [5, 5.41) is 45.2. The van der Waals surface area contributed by atoms with Crippen molar-refractivity contribution < 1.29 is 44.3 Å². The maximum Gasteiger partial charge on any atom is 0.306 e. The second kappa shape index (κ2) is 9.74. The Bertz CT molecular complexity index is 1370. The molecule has 40 heavy (non-hydrogen) atoms. The van der Waals surface area contributed by atoms with Crippen LogP contribution in [0.4, 0.5) is 0 Å². The van der Waals surface area contributed by atoms with Crippen molar-refractivity contribution in [3.63, 3.8) is 0 Å². The molecule has 0 spiro atoms. The molecule has 1 amide bonds. The number of nitrogens with two attached hydrogens (primary N) is 1. The molecule has 0 bridgehead atoms. The predicted molar refractivity (Wildman–Crippen MR) is 141 cm³/mol. The second-order valence-electron chi connectivity index (χ2n) is 11.6. The Labute approximate surface area is 230 Å². The lowest BCUT2D eigenvalue weighted by Crippen LogP contribution is -2.71. The van der Waals surface area contributed by atoms with Gasteiger partial charge in [-0.2, -0.15) is 0 Å². The topological polar surface area (TPSA) is 188 Å². The normalized spacial score (nSPS) is 32.2. The first-order valence-corrected chi connectivity index (χ1v) is 13.5. The number of primary amides is 1. The highest BCUT2D eigenvalue weighted by Gasteiger charge is 2.69. The predicted octanol–water partition coefficient (Wildman–Crippen LogP) is 1.63. The molecule has 4 aliphatic rings. The lowest BCUT2D eigenvalue weighted by molar-refractivity contribution is -0.186. The van der Waals surface area contributed by atoms with Crippen molar-refractivity contribution in [3.8, 4) is 5.75 Å². The molecule has 2 fully saturated rings. The molecule has 6 atom stereocenters. The molecule has 0 unspecified atom stereocenters. The third-order valence-electron chi connectivity index (χ3n) is 9.16. The van der Waals surface area contributed by atoms with Gasteiger partial charge in [-0.3, -0.25) is 24.1 Å². The number of phenolic OH excluding ortho intramolecular Hbond substituents is 1. The number of aliphatic hydroxyl groups excluding tert-OH is 2. The van der Waals surface area contributed by atoms with Crippen molar-refractivity contribution >= 4 is 29.2 Å². The van der Waals surface area contributed by atoms with Crippen molar-refractivity contribution in [2.45, 2.75) is 62.7 Å². The number of ether oxygens (including phenoxy) is 1. The summed E-state index contributed by atoms with van der Waals surface area (Å²) in [5.41, 5.74) is 1.61. The molecule has 0 heterocycles. The summed E-state index contributed by atoms with van der Waals surface area (Å²) in [5.74, 6) is -9.35. The van der Waals surface area contributed by atoms with Crippen LogP contribution in [-0.4, -0.2) is 80.6 Å². The molecule has 2 saturated carbocycles.